The summed E-state index contributed by atoms with van der Waals surface area (Å²) >= 11 is 33.0. The van der Waals surface area contributed by atoms with Crippen molar-refractivity contribution in [2.45, 2.75) is 14.5 Å². The van der Waals surface area contributed by atoms with Crippen molar-refractivity contribution in [3.8, 4) is 0 Å². The molecule has 6 heteroatoms. The summed E-state index contributed by atoms with van der Waals surface area (Å²) in [5.74, 6) is -0.0137. The van der Waals surface area contributed by atoms with Gasteiger partial charge in [-0.2, -0.15) is 0 Å². The third-order valence-electron chi connectivity index (χ3n) is 0.803. The molecule has 0 saturated heterocycles. The van der Waals surface area contributed by atoms with Crippen molar-refractivity contribution < 1.29 is 0 Å². The zero-order valence-electron chi connectivity index (χ0n) is 4.63. The molecule has 0 aliphatic rings. The van der Waals surface area contributed by atoms with Gasteiger partial charge in [0.05, 0.1) is 11.3 Å². The Bertz CT molecular complexity index is 99.9. The van der Waals surface area contributed by atoms with Crippen LogP contribution in [0.1, 0.15) is 0 Å². The van der Waals surface area contributed by atoms with E-state index in [-0.39, 0.29) is 5.88 Å². The summed E-state index contributed by atoms with van der Waals surface area (Å²) in [7, 11) is 0. The first kappa shape index (κ1) is 11.7. The maximum atomic E-state index is 5.60. The molecule has 62 valence electrons. The first-order valence-corrected chi connectivity index (χ1v) is 4.88. The van der Waals surface area contributed by atoms with Crippen molar-refractivity contribution >= 4 is 69.6 Å². The van der Waals surface area contributed by atoms with Crippen LogP contribution in [0.4, 0.5) is 0 Å². The summed E-state index contributed by atoms with van der Waals surface area (Å²) < 4.78 is -1.27. The third-order valence-corrected chi connectivity index (χ3v) is 3.85. The molecule has 0 rings (SSSR count). The maximum Gasteiger partial charge on any atom is 0.150 e. The van der Waals surface area contributed by atoms with Crippen molar-refractivity contribution in [3.05, 3.63) is 0 Å². The van der Waals surface area contributed by atoms with Crippen LogP contribution in [-0.4, -0.2) is 20.4 Å². The number of hydrogen-bond donors (Lipinski definition) is 0. The van der Waals surface area contributed by atoms with Gasteiger partial charge in [-0.3, -0.25) is 0 Å². The van der Waals surface area contributed by atoms with Gasteiger partial charge in [0, 0.05) is 0 Å². The Kier molecular flexibility index (Phi) is 5.51. The average Bonchev–Trinajstić information content (AvgIpc) is 1.86. The van der Waals surface area contributed by atoms with Crippen LogP contribution in [0.25, 0.3) is 0 Å². The molecule has 0 amide bonds. The minimum atomic E-state index is -1.27. The Morgan fingerprint density at radius 2 is 1.50 bits per heavy atom. The summed E-state index contributed by atoms with van der Waals surface area (Å²) in [6.07, 6.45) is 0. The minimum absolute atomic E-state index is 0.0137. The second kappa shape index (κ2) is 4.69. The first-order chi connectivity index (χ1) is 4.41. The number of rotatable bonds is 3. The van der Waals surface area contributed by atoms with E-state index in [4.69, 9.17) is 69.6 Å². The highest BCUT2D eigenvalue weighted by Crippen LogP contribution is 2.35. The molecule has 0 aliphatic carbocycles. The number of hydrogen-bond acceptors (Lipinski definition) is 0. The fourth-order valence-corrected chi connectivity index (χ4v) is 1.52. The molecule has 0 nitrogen and oxygen atoms in total. The Morgan fingerprint density at radius 1 is 1.10 bits per heavy atom. The van der Waals surface area contributed by atoms with E-state index in [0.29, 0.717) is 0 Å². The van der Waals surface area contributed by atoms with Gasteiger partial charge in [-0.25, -0.2) is 0 Å². The minimum Gasteiger partial charge on any atom is -0.123 e. The maximum absolute atomic E-state index is 5.60. The van der Waals surface area contributed by atoms with Gasteiger partial charge in [0.1, 0.15) is 4.84 Å². The van der Waals surface area contributed by atoms with Crippen molar-refractivity contribution in [2.75, 3.05) is 5.88 Å². The summed E-state index contributed by atoms with van der Waals surface area (Å²) in [6.45, 7) is 0. The Morgan fingerprint density at radius 3 is 1.60 bits per heavy atom. The standard InChI is InChI=1S/C4H4Cl6/c5-1-4(9,10)2(6)3(7)8/h2-3H,1H2. The predicted octanol–water partition coefficient (Wildman–Crippen LogP) is 3.81. The lowest BCUT2D eigenvalue weighted by atomic mass is 10.3. The quantitative estimate of drug-likeness (QED) is 0.680. The molecular weight excluding hydrogens is 261 g/mol. The summed E-state index contributed by atoms with van der Waals surface area (Å²) in [4.78, 5) is -0.824. The van der Waals surface area contributed by atoms with E-state index < -0.39 is 14.5 Å². The van der Waals surface area contributed by atoms with E-state index >= 15 is 0 Å². The first-order valence-electron chi connectivity index (χ1n) is 2.28. The molecular formula is C4H4Cl6. The van der Waals surface area contributed by atoms with Crippen LogP contribution in [0, 0.1) is 0 Å². The number of halogens is 6. The second-order valence-corrected chi connectivity index (χ2v) is 5.07. The normalized spacial score (nSPS) is 15.9. The Labute approximate surface area is 89.7 Å². The highest BCUT2D eigenvalue weighted by Gasteiger charge is 2.36. The van der Waals surface area contributed by atoms with Gasteiger partial charge in [-0.05, 0) is 0 Å². The fraction of sp³-hybridized carbons (Fsp3) is 1.00. The van der Waals surface area contributed by atoms with Crippen LogP contribution in [0.3, 0.4) is 0 Å². The summed E-state index contributed by atoms with van der Waals surface area (Å²) in [5.41, 5.74) is 0. The molecule has 0 spiro atoms. The van der Waals surface area contributed by atoms with Gasteiger partial charge < -0.3 is 0 Å². The largest absolute Gasteiger partial charge is 0.150 e. The highest BCUT2D eigenvalue weighted by molar-refractivity contribution is 6.58. The topological polar surface area (TPSA) is 0 Å². The molecule has 0 radical (unpaired) electrons. The van der Waals surface area contributed by atoms with Crippen molar-refractivity contribution in [1.82, 2.24) is 0 Å². The van der Waals surface area contributed by atoms with Crippen LogP contribution in [0.5, 0.6) is 0 Å². The summed E-state index contributed by atoms with van der Waals surface area (Å²) in [5, 5.41) is -0.767. The van der Waals surface area contributed by atoms with E-state index in [1.165, 1.54) is 0 Å². The monoisotopic (exact) mass is 262 g/mol. The van der Waals surface area contributed by atoms with Gasteiger partial charge >= 0.3 is 0 Å². The third kappa shape index (κ3) is 3.42. The fourth-order valence-electron chi connectivity index (χ4n) is 0.258. The average molecular weight is 265 g/mol. The van der Waals surface area contributed by atoms with Gasteiger partial charge in [0.25, 0.3) is 0 Å². The van der Waals surface area contributed by atoms with Crippen molar-refractivity contribution in [3.63, 3.8) is 0 Å². The SMILES string of the molecule is ClCC(Cl)(Cl)C(Cl)C(Cl)Cl. The lowest BCUT2D eigenvalue weighted by Gasteiger charge is -2.22. The Balaban J connectivity index is 4.03. The summed E-state index contributed by atoms with van der Waals surface area (Å²) in [6, 6.07) is 0. The van der Waals surface area contributed by atoms with Crippen LogP contribution < -0.4 is 0 Å². The molecule has 0 fully saturated rings. The molecule has 1 unspecified atom stereocenters. The zero-order chi connectivity index (χ0) is 8.36. The molecule has 1 atom stereocenters. The molecule has 0 aromatic carbocycles. The molecule has 0 aromatic heterocycles. The molecule has 0 N–H and O–H groups in total. The van der Waals surface area contributed by atoms with E-state index in [0.717, 1.165) is 0 Å². The van der Waals surface area contributed by atoms with Crippen molar-refractivity contribution in [1.29, 1.82) is 0 Å². The molecule has 0 heterocycles. The van der Waals surface area contributed by atoms with Gasteiger partial charge in [-0.15, -0.1) is 46.4 Å². The van der Waals surface area contributed by atoms with Gasteiger partial charge in [-0.1, -0.05) is 23.2 Å². The molecule has 0 bridgehead atoms. The van der Waals surface area contributed by atoms with Gasteiger partial charge in [0.15, 0.2) is 4.33 Å². The van der Waals surface area contributed by atoms with E-state index in [2.05, 4.69) is 0 Å². The highest BCUT2D eigenvalue weighted by atomic mass is 35.5. The second-order valence-electron chi connectivity index (χ2n) is 1.63. The lowest BCUT2D eigenvalue weighted by molar-refractivity contribution is 0.816. The molecule has 0 aromatic rings. The van der Waals surface area contributed by atoms with E-state index in [9.17, 15) is 0 Å². The van der Waals surface area contributed by atoms with Crippen LogP contribution in [-0.2, 0) is 0 Å². The predicted molar refractivity (Wildman–Crippen MR) is 50.3 cm³/mol. The van der Waals surface area contributed by atoms with Gasteiger partial charge in [0.2, 0.25) is 0 Å². The molecule has 0 aliphatic heterocycles. The van der Waals surface area contributed by atoms with Crippen LogP contribution in [0.2, 0.25) is 0 Å². The Hall–Kier alpha value is 1.74. The lowest BCUT2D eigenvalue weighted by Crippen LogP contribution is -2.33. The number of alkyl halides is 6. The molecule has 0 saturated carbocycles. The van der Waals surface area contributed by atoms with E-state index in [1.807, 2.05) is 0 Å². The van der Waals surface area contributed by atoms with Crippen LogP contribution >= 0.6 is 69.6 Å². The smallest absolute Gasteiger partial charge is 0.123 e. The zero-order valence-corrected chi connectivity index (χ0v) is 9.17. The molecule has 10 heavy (non-hydrogen) atoms. The van der Waals surface area contributed by atoms with Crippen molar-refractivity contribution in [2.24, 2.45) is 0 Å². The van der Waals surface area contributed by atoms with Crippen LogP contribution in [0.15, 0.2) is 0 Å². The van der Waals surface area contributed by atoms with E-state index in [1.54, 1.807) is 0 Å².